The first-order chi connectivity index (χ1) is 6.93. The van der Waals surface area contributed by atoms with E-state index >= 15 is 0 Å². The van der Waals surface area contributed by atoms with E-state index < -0.39 is 0 Å². The van der Waals surface area contributed by atoms with Crippen LogP contribution in [0.15, 0.2) is 12.5 Å². The molecule has 0 aromatic carbocycles. The van der Waals surface area contributed by atoms with Gasteiger partial charge in [0.2, 0.25) is 0 Å². The fourth-order valence-electron chi connectivity index (χ4n) is 1.00. The number of nitrogens with zero attached hydrogens (tertiary/aromatic N) is 2. The van der Waals surface area contributed by atoms with Crippen molar-refractivity contribution >= 4 is 11.5 Å². The van der Waals surface area contributed by atoms with Crippen LogP contribution in [0.4, 0.5) is 11.5 Å². The first-order valence-corrected chi connectivity index (χ1v) is 5.23. The Morgan fingerprint density at radius 3 is 2.67 bits per heavy atom. The van der Waals surface area contributed by atoms with E-state index in [-0.39, 0.29) is 5.41 Å². The predicted molar refractivity (Wildman–Crippen MR) is 63.6 cm³/mol. The van der Waals surface area contributed by atoms with Crippen LogP contribution in [0.25, 0.3) is 0 Å². The molecule has 4 nitrogen and oxygen atoms in total. The molecule has 0 unspecified atom stereocenters. The van der Waals surface area contributed by atoms with Gasteiger partial charge in [0.1, 0.15) is 6.33 Å². The second-order valence-corrected chi connectivity index (χ2v) is 4.82. The lowest BCUT2D eigenvalue weighted by Crippen LogP contribution is -2.29. The van der Waals surface area contributed by atoms with Gasteiger partial charge in [0.05, 0.1) is 11.9 Å². The van der Waals surface area contributed by atoms with Crippen LogP contribution in [-0.4, -0.2) is 16.5 Å². The van der Waals surface area contributed by atoms with Crippen LogP contribution in [0.2, 0.25) is 0 Å². The summed E-state index contributed by atoms with van der Waals surface area (Å²) in [5, 5.41) is 3.26. The first-order valence-electron chi connectivity index (χ1n) is 5.23. The number of nitrogen functional groups attached to an aromatic ring is 1. The molecular formula is C11H20N4. The summed E-state index contributed by atoms with van der Waals surface area (Å²) in [5.41, 5.74) is 6.55. The molecule has 1 aromatic heterocycles. The third kappa shape index (κ3) is 3.08. The Kier molecular flexibility index (Phi) is 3.50. The lowest BCUT2D eigenvalue weighted by molar-refractivity contribution is 0.269. The van der Waals surface area contributed by atoms with Crippen molar-refractivity contribution in [3.05, 3.63) is 12.5 Å². The third-order valence-electron chi connectivity index (χ3n) is 3.01. The highest BCUT2D eigenvalue weighted by Crippen LogP contribution is 2.26. The van der Waals surface area contributed by atoms with Gasteiger partial charge in [0.25, 0.3) is 0 Å². The maximum absolute atomic E-state index is 5.74. The quantitative estimate of drug-likeness (QED) is 0.795. The van der Waals surface area contributed by atoms with Gasteiger partial charge >= 0.3 is 0 Å². The molecule has 0 atom stereocenters. The van der Waals surface area contributed by atoms with Crippen molar-refractivity contribution in [2.45, 2.75) is 27.7 Å². The maximum Gasteiger partial charge on any atom is 0.152 e. The standard InChI is InChI=1S/C11H20N4/c1-8(2)11(3,4)6-14-10-9(12)5-13-7-15-10/h5,7-8H,6,12H2,1-4H3,(H,13,14,15). The van der Waals surface area contributed by atoms with E-state index in [9.17, 15) is 0 Å². The van der Waals surface area contributed by atoms with E-state index in [1.54, 1.807) is 6.20 Å². The molecule has 0 radical (unpaired) electrons. The average Bonchev–Trinajstić information content (AvgIpc) is 2.16. The molecule has 1 heterocycles. The first kappa shape index (κ1) is 11.8. The van der Waals surface area contributed by atoms with E-state index in [2.05, 4.69) is 43.0 Å². The lowest BCUT2D eigenvalue weighted by atomic mass is 9.81. The molecular weight excluding hydrogens is 188 g/mol. The van der Waals surface area contributed by atoms with E-state index in [1.807, 2.05) is 0 Å². The number of aromatic nitrogens is 2. The molecule has 4 heteroatoms. The Morgan fingerprint density at radius 2 is 2.13 bits per heavy atom. The van der Waals surface area contributed by atoms with Gasteiger partial charge in [0, 0.05) is 6.54 Å². The number of nitrogens with two attached hydrogens (primary N) is 1. The van der Waals surface area contributed by atoms with E-state index in [0.717, 1.165) is 12.4 Å². The summed E-state index contributed by atoms with van der Waals surface area (Å²) >= 11 is 0. The second kappa shape index (κ2) is 4.47. The molecule has 0 aliphatic heterocycles. The third-order valence-corrected chi connectivity index (χ3v) is 3.01. The summed E-state index contributed by atoms with van der Waals surface area (Å²) in [6.07, 6.45) is 3.11. The molecule has 0 bridgehead atoms. The Bertz CT molecular complexity index is 320. The molecule has 0 fully saturated rings. The number of anilines is 2. The molecule has 0 amide bonds. The minimum Gasteiger partial charge on any atom is -0.394 e. The van der Waals surface area contributed by atoms with E-state index in [4.69, 9.17) is 5.73 Å². The van der Waals surface area contributed by atoms with Gasteiger partial charge in [-0.15, -0.1) is 0 Å². The zero-order chi connectivity index (χ0) is 11.5. The monoisotopic (exact) mass is 208 g/mol. The van der Waals surface area contributed by atoms with Crippen LogP contribution in [0.5, 0.6) is 0 Å². The van der Waals surface area contributed by atoms with Gasteiger partial charge in [0.15, 0.2) is 5.82 Å². The Hall–Kier alpha value is -1.32. The molecule has 0 saturated heterocycles. The van der Waals surface area contributed by atoms with Crippen LogP contribution in [0, 0.1) is 11.3 Å². The number of hydrogen-bond donors (Lipinski definition) is 2. The topological polar surface area (TPSA) is 63.8 Å². The highest BCUT2D eigenvalue weighted by molar-refractivity contribution is 5.58. The van der Waals surface area contributed by atoms with Gasteiger partial charge in [-0.3, -0.25) is 0 Å². The van der Waals surface area contributed by atoms with Gasteiger partial charge in [-0.25, -0.2) is 9.97 Å². The van der Waals surface area contributed by atoms with Crippen molar-refractivity contribution in [1.29, 1.82) is 0 Å². The van der Waals surface area contributed by atoms with Crippen molar-refractivity contribution in [3.63, 3.8) is 0 Å². The molecule has 0 aliphatic carbocycles. The average molecular weight is 208 g/mol. The van der Waals surface area contributed by atoms with Crippen molar-refractivity contribution in [2.75, 3.05) is 17.6 Å². The Labute approximate surface area is 91.3 Å². The van der Waals surface area contributed by atoms with Crippen molar-refractivity contribution in [3.8, 4) is 0 Å². The molecule has 0 spiro atoms. The predicted octanol–water partition coefficient (Wildman–Crippen LogP) is 2.15. The zero-order valence-electron chi connectivity index (χ0n) is 9.91. The summed E-state index contributed by atoms with van der Waals surface area (Å²) in [7, 11) is 0. The lowest BCUT2D eigenvalue weighted by Gasteiger charge is -2.29. The molecule has 84 valence electrons. The van der Waals surface area contributed by atoms with Crippen LogP contribution >= 0.6 is 0 Å². The molecule has 15 heavy (non-hydrogen) atoms. The largest absolute Gasteiger partial charge is 0.394 e. The van der Waals surface area contributed by atoms with Gasteiger partial charge < -0.3 is 11.1 Å². The molecule has 3 N–H and O–H groups in total. The van der Waals surface area contributed by atoms with Crippen LogP contribution in [-0.2, 0) is 0 Å². The molecule has 1 aromatic rings. The summed E-state index contributed by atoms with van der Waals surface area (Å²) in [6, 6.07) is 0. The maximum atomic E-state index is 5.74. The van der Waals surface area contributed by atoms with Gasteiger partial charge in [-0.2, -0.15) is 0 Å². The SMILES string of the molecule is CC(C)C(C)(C)CNc1ncncc1N. The zero-order valence-corrected chi connectivity index (χ0v) is 9.91. The molecule has 0 aliphatic rings. The summed E-state index contributed by atoms with van der Waals surface area (Å²) in [5.74, 6) is 1.33. The smallest absolute Gasteiger partial charge is 0.152 e. The fraction of sp³-hybridized carbons (Fsp3) is 0.636. The second-order valence-electron chi connectivity index (χ2n) is 4.82. The van der Waals surface area contributed by atoms with Gasteiger partial charge in [-0.1, -0.05) is 27.7 Å². The summed E-state index contributed by atoms with van der Waals surface area (Å²) in [6.45, 7) is 9.73. The van der Waals surface area contributed by atoms with Crippen molar-refractivity contribution in [1.82, 2.24) is 9.97 Å². The Balaban J connectivity index is 2.62. The summed E-state index contributed by atoms with van der Waals surface area (Å²) < 4.78 is 0. The van der Waals surface area contributed by atoms with Crippen LogP contribution in [0.1, 0.15) is 27.7 Å². The highest BCUT2D eigenvalue weighted by atomic mass is 15.0. The van der Waals surface area contributed by atoms with Crippen LogP contribution < -0.4 is 11.1 Å². The number of rotatable bonds is 4. The minimum atomic E-state index is 0.220. The molecule has 0 saturated carbocycles. The van der Waals surface area contributed by atoms with Gasteiger partial charge in [-0.05, 0) is 11.3 Å². The minimum absolute atomic E-state index is 0.220. The highest BCUT2D eigenvalue weighted by Gasteiger charge is 2.22. The summed E-state index contributed by atoms with van der Waals surface area (Å²) in [4.78, 5) is 7.94. The van der Waals surface area contributed by atoms with Crippen molar-refractivity contribution < 1.29 is 0 Å². The van der Waals surface area contributed by atoms with Crippen molar-refractivity contribution in [2.24, 2.45) is 11.3 Å². The van der Waals surface area contributed by atoms with E-state index in [1.165, 1.54) is 6.33 Å². The van der Waals surface area contributed by atoms with E-state index in [0.29, 0.717) is 11.6 Å². The number of hydrogen-bond acceptors (Lipinski definition) is 4. The fourth-order valence-corrected chi connectivity index (χ4v) is 1.00. The van der Waals surface area contributed by atoms with Crippen LogP contribution in [0.3, 0.4) is 0 Å². The Morgan fingerprint density at radius 1 is 1.47 bits per heavy atom. The molecule has 1 rings (SSSR count). The normalized spacial score (nSPS) is 11.8. The number of nitrogens with one attached hydrogen (secondary N) is 1.